The van der Waals surface area contributed by atoms with E-state index >= 15 is 0 Å². The molecular weight excluding hydrogens is 332 g/mol. The van der Waals surface area contributed by atoms with Gasteiger partial charge in [0.15, 0.2) is 0 Å². The number of benzene rings is 1. The maximum absolute atomic E-state index is 11.5. The average molecular weight is 362 g/mol. The molecule has 1 aromatic carbocycles. The van der Waals surface area contributed by atoms with Crippen LogP contribution in [0, 0.1) is 11.8 Å². The SMILES string of the molecule is COC(=O)C(C)CCC[C@H](C)[C@@H]1CC[C@@H](C)c2c(O)cc(C(=O)O)cc21. The van der Waals surface area contributed by atoms with Crippen LogP contribution in [0.15, 0.2) is 12.1 Å². The molecule has 1 aromatic rings. The molecule has 0 aromatic heterocycles. The second kappa shape index (κ2) is 8.56. The number of aromatic hydroxyl groups is 1. The van der Waals surface area contributed by atoms with Crippen LogP contribution in [0.5, 0.6) is 5.75 Å². The average Bonchev–Trinajstić information content (AvgIpc) is 2.60. The molecule has 144 valence electrons. The zero-order valence-corrected chi connectivity index (χ0v) is 16.1. The number of hydrogen-bond acceptors (Lipinski definition) is 4. The third kappa shape index (κ3) is 4.37. The number of carbonyl (C=O) groups excluding carboxylic acids is 1. The Bertz CT molecular complexity index is 667. The Hall–Kier alpha value is -2.04. The molecule has 0 saturated carbocycles. The molecule has 2 N–H and O–H groups in total. The number of aromatic carboxylic acids is 1. The van der Waals surface area contributed by atoms with Crippen LogP contribution >= 0.6 is 0 Å². The summed E-state index contributed by atoms with van der Waals surface area (Å²) in [5, 5.41) is 19.7. The van der Waals surface area contributed by atoms with E-state index in [-0.39, 0.29) is 35.0 Å². The molecule has 1 aliphatic carbocycles. The highest BCUT2D eigenvalue weighted by molar-refractivity contribution is 5.88. The zero-order valence-electron chi connectivity index (χ0n) is 16.1. The third-order valence-corrected chi connectivity index (χ3v) is 5.83. The van der Waals surface area contributed by atoms with Gasteiger partial charge >= 0.3 is 11.9 Å². The molecule has 5 nitrogen and oxygen atoms in total. The summed E-state index contributed by atoms with van der Waals surface area (Å²) in [7, 11) is 1.41. The van der Waals surface area contributed by atoms with Crippen LogP contribution in [0.2, 0.25) is 0 Å². The maximum atomic E-state index is 11.5. The highest BCUT2D eigenvalue weighted by atomic mass is 16.5. The minimum atomic E-state index is -1.01. The lowest BCUT2D eigenvalue weighted by Gasteiger charge is -2.34. The summed E-state index contributed by atoms with van der Waals surface area (Å²) in [6.45, 7) is 6.14. The van der Waals surface area contributed by atoms with Crippen LogP contribution in [0.25, 0.3) is 0 Å². The number of carbonyl (C=O) groups is 2. The second-order valence-electron chi connectivity index (χ2n) is 7.72. The van der Waals surface area contributed by atoms with E-state index in [0.717, 1.165) is 43.2 Å². The molecule has 4 atom stereocenters. The Morgan fingerprint density at radius 1 is 1.23 bits per heavy atom. The van der Waals surface area contributed by atoms with Gasteiger partial charge in [-0.1, -0.05) is 33.6 Å². The van der Waals surface area contributed by atoms with E-state index in [2.05, 4.69) is 13.8 Å². The predicted molar refractivity (Wildman–Crippen MR) is 99.7 cm³/mol. The Morgan fingerprint density at radius 2 is 1.92 bits per heavy atom. The zero-order chi connectivity index (χ0) is 19.4. The highest BCUT2D eigenvalue weighted by Crippen LogP contribution is 2.47. The summed E-state index contributed by atoms with van der Waals surface area (Å²) in [6, 6.07) is 3.11. The summed E-state index contributed by atoms with van der Waals surface area (Å²) in [5.41, 5.74) is 2.03. The monoisotopic (exact) mass is 362 g/mol. The van der Waals surface area contributed by atoms with Crippen molar-refractivity contribution in [3.8, 4) is 5.75 Å². The number of carboxylic acid groups (broad SMARTS) is 1. The van der Waals surface area contributed by atoms with Crippen LogP contribution < -0.4 is 0 Å². The van der Waals surface area contributed by atoms with Crippen molar-refractivity contribution in [1.29, 1.82) is 0 Å². The van der Waals surface area contributed by atoms with Crippen LogP contribution in [0.1, 0.15) is 86.2 Å². The quantitative estimate of drug-likeness (QED) is 0.688. The van der Waals surface area contributed by atoms with Crippen molar-refractivity contribution in [3.05, 3.63) is 28.8 Å². The van der Waals surface area contributed by atoms with Crippen LogP contribution in [-0.4, -0.2) is 29.3 Å². The number of fused-ring (bicyclic) bond motifs is 1. The number of ether oxygens (including phenoxy) is 1. The molecule has 1 unspecified atom stereocenters. The fraction of sp³-hybridized carbons (Fsp3) is 0.619. The van der Waals surface area contributed by atoms with E-state index in [9.17, 15) is 19.8 Å². The minimum absolute atomic E-state index is 0.101. The first-order valence-corrected chi connectivity index (χ1v) is 9.44. The molecule has 0 saturated heterocycles. The summed E-state index contributed by atoms with van der Waals surface area (Å²) in [4.78, 5) is 22.9. The molecule has 5 heteroatoms. The van der Waals surface area contributed by atoms with Crippen molar-refractivity contribution in [2.24, 2.45) is 11.8 Å². The van der Waals surface area contributed by atoms with Crippen LogP contribution in [-0.2, 0) is 9.53 Å². The number of rotatable bonds is 7. The van der Waals surface area contributed by atoms with Crippen LogP contribution in [0.4, 0.5) is 0 Å². The van der Waals surface area contributed by atoms with E-state index in [1.807, 2.05) is 6.92 Å². The molecule has 0 fully saturated rings. The third-order valence-electron chi connectivity index (χ3n) is 5.83. The summed E-state index contributed by atoms with van der Waals surface area (Å²) in [6.07, 6.45) is 4.64. The van der Waals surface area contributed by atoms with Gasteiger partial charge in [-0.05, 0) is 54.7 Å². The number of carboxylic acids is 1. The molecule has 0 amide bonds. The van der Waals surface area contributed by atoms with Gasteiger partial charge < -0.3 is 14.9 Å². The fourth-order valence-corrected chi connectivity index (χ4v) is 4.21. The van der Waals surface area contributed by atoms with Crippen molar-refractivity contribution >= 4 is 11.9 Å². The lowest BCUT2D eigenvalue weighted by molar-refractivity contribution is -0.145. The Kier molecular flexibility index (Phi) is 6.68. The van der Waals surface area contributed by atoms with Gasteiger partial charge in [-0.2, -0.15) is 0 Å². The number of methoxy groups -OCH3 is 1. The predicted octanol–water partition coefficient (Wildman–Crippen LogP) is 4.69. The van der Waals surface area contributed by atoms with E-state index < -0.39 is 5.97 Å². The summed E-state index contributed by atoms with van der Waals surface area (Å²) < 4.78 is 4.77. The van der Waals surface area contributed by atoms with Crippen molar-refractivity contribution < 1.29 is 24.5 Å². The number of phenolic OH excluding ortho intramolecular Hbond substituents is 1. The van der Waals surface area contributed by atoms with Gasteiger partial charge in [-0.15, -0.1) is 0 Å². The van der Waals surface area contributed by atoms with E-state index in [4.69, 9.17) is 4.74 Å². The van der Waals surface area contributed by atoms with Gasteiger partial charge in [0.25, 0.3) is 0 Å². The smallest absolute Gasteiger partial charge is 0.335 e. The topological polar surface area (TPSA) is 83.8 Å². The molecule has 0 aliphatic heterocycles. The first-order valence-electron chi connectivity index (χ1n) is 9.44. The lowest BCUT2D eigenvalue weighted by Crippen LogP contribution is -2.20. The maximum Gasteiger partial charge on any atom is 0.335 e. The molecule has 1 aliphatic rings. The molecule has 0 radical (unpaired) electrons. The molecule has 2 rings (SSSR count). The van der Waals surface area contributed by atoms with Gasteiger partial charge in [-0.3, -0.25) is 4.79 Å². The number of phenols is 1. The molecule has 0 bridgehead atoms. The molecule has 0 spiro atoms. The fourth-order valence-electron chi connectivity index (χ4n) is 4.21. The summed E-state index contributed by atoms with van der Waals surface area (Å²) in [5.74, 6) is -0.368. The number of hydrogen-bond donors (Lipinski definition) is 2. The minimum Gasteiger partial charge on any atom is -0.508 e. The van der Waals surface area contributed by atoms with E-state index in [1.165, 1.54) is 13.2 Å². The molecular formula is C21H30O5. The molecule has 26 heavy (non-hydrogen) atoms. The van der Waals surface area contributed by atoms with E-state index in [0.29, 0.717) is 5.92 Å². The first kappa shape index (κ1) is 20.3. The van der Waals surface area contributed by atoms with Crippen molar-refractivity contribution in [2.45, 2.75) is 64.7 Å². The van der Waals surface area contributed by atoms with Gasteiger partial charge in [0.2, 0.25) is 0 Å². The largest absolute Gasteiger partial charge is 0.508 e. The van der Waals surface area contributed by atoms with Crippen molar-refractivity contribution in [2.75, 3.05) is 7.11 Å². The van der Waals surface area contributed by atoms with E-state index in [1.54, 1.807) is 6.07 Å². The van der Waals surface area contributed by atoms with Crippen molar-refractivity contribution in [3.63, 3.8) is 0 Å². The summed E-state index contributed by atoms with van der Waals surface area (Å²) >= 11 is 0. The first-order chi connectivity index (χ1) is 12.3. The Balaban J connectivity index is 2.15. The Morgan fingerprint density at radius 3 is 2.54 bits per heavy atom. The van der Waals surface area contributed by atoms with Gasteiger partial charge in [0, 0.05) is 5.56 Å². The number of esters is 1. The van der Waals surface area contributed by atoms with Gasteiger partial charge in [-0.25, -0.2) is 4.79 Å². The van der Waals surface area contributed by atoms with Crippen molar-refractivity contribution in [1.82, 2.24) is 0 Å². The standard InChI is InChI=1S/C21H30O5/c1-12(6-5-7-14(3)21(25)26-4)16-9-8-13(2)19-17(16)10-15(20(23)24)11-18(19)22/h10-14,16,22H,5-9H2,1-4H3,(H,23,24)/t12-,13+,14?,16-/m0/s1. The highest BCUT2D eigenvalue weighted by Gasteiger charge is 2.31. The normalized spacial score (nSPS) is 21.5. The lowest BCUT2D eigenvalue weighted by atomic mass is 9.70. The van der Waals surface area contributed by atoms with Crippen LogP contribution in [0.3, 0.4) is 0 Å². The van der Waals surface area contributed by atoms with Gasteiger partial charge in [0.05, 0.1) is 18.6 Å². The second-order valence-corrected chi connectivity index (χ2v) is 7.72. The van der Waals surface area contributed by atoms with Gasteiger partial charge in [0.1, 0.15) is 5.75 Å². The molecule has 0 heterocycles. The Labute approximate surface area is 155 Å².